The van der Waals surface area contributed by atoms with E-state index in [-0.39, 0.29) is 11.9 Å². The molecule has 3 aromatic rings. The molecular weight excluding hydrogens is 330 g/mol. The SMILES string of the molecule is CC(C)c1ccc(-c2nc(C(=O)NC(C)c3ccncc3)cs2)cc1. The van der Waals surface area contributed by atoms with E-state index in [1.165, 1.54) is 16.9 Å². The number of pyridine rings is 1. The summed E-state index contributed by atoms with van der Waals surface area (Å²) in [7, 11) is 0. The van der Waals surface area contributed by atoms with Gasteiger partial charge in [0.15, 0.2) is 0 Å². The van der Waals surface area contributed by atoms with Gasteiger partial charge in [0.25, 0.3) is 5.91 Å². The maximum absolute atomic E-state index is 12.4. The molecule has 0 radical (unpaired) electrons. The zero-order valence-corrected chi connectivity index (χ0v) is 15.4. The molecule has 0 saturated heterocycles. The number of thiazole rings is 1. The van der Waals surface area contributed by atoms with E-state index in [2.05, 4.69) is 53.4 Å². The smallest absolute Gasteiger partial charge is 0.271 e. The van der Waals surface area contributed by atoms with Gasteiger partial charge in [0.05, 0.1) is 6.04 Å². The van der Waals surface area contributed by atoms with E-state index >= 15 is 0 Å². The highest BCUT2D eigenvalue weighted by Crippen LogP contribution is 2.26. The van der Waals surface area contributed by atoms with Crippen molar-refractivity contribution in [1.82, 2.24) is 15.3 Å². The van der Waals surface area contributed by atoms with E-state index in [1.54, 1.807) is 17.8 Å². The molecule has 5 heteroatoms. The summed E-state index contributed by atoms with van der Waals surface area (Å²) >= 11 is 1.49. The number of amides is 1. The van der Waals surface area contributed by atoms with Gasteiger partial charge in [-0.05, 0) is 36.1 Å². The van der Waals surface area contributed by atoms with Crippen molar-refractivity contribution in [2.24, 2.45) is 0 Å². The van der Waals surface area contributed by atoms with Gasteiger partial charge in [0.2, 0.25) is 0 Å². The number of hydrogen-bond donors (Lipinski definition) is 1. The Morgan fingerprint density at radius 3 is 2.32 bits per heavy atom. The summed E-state index contributed by atoms with van der Waals surface area (Å²) in [5.41, 5.74) is 3.80. The molecule has 25 heavy (non-hydrogen) atoms. The summed E-state index contributed by atoms with van der Waals surface area (Å²) in [6.45, 7) is 6.29. The zero-order valence-electron chi connectivity index (χ0n) is 14.6. The monoisotopic (exact) mass is 351 g/mol. The summed E-state index contributed by atoms with van der Waals surface area (Å²) in [4.78, 5) is 20.9. The largest absolute Gasteiger partial charge is 0.344 e. The van der Waals surface area contributed by atoms with Gasteiger partial charge in [-0.2, -0.15) is 0 Å². The second kappa shape index (κ2) is 7.57. The van der Waals surface area contributed by atoms with Gasteiger partial charge in [-0.15, -0.1) is 11.3 Å². The van der Waals surface area contributed by atoms with E-state index < -0.39 is 0 Å². The Balaban J connectivity index is 1.71. The van der Waals surface area contributed by atoms with Crippen LogP contribution < -0.4 is 5.32 Å². The van der Waals surface area contributed by atoms with Crippen molar-refractivity contribution in [3.05, 3.63) is 71.0 Å². The van der Waals surface area contributed by atoms with Crippen LogP contribution >= 0.6 is 11.3 Å². The fraction of sp³-hybridized carbons (Fsp3) is 0.250. The summed E-state index contributed by atoms with van der Waals surface area (Å²) in [6.07, 6.45) is 3.44. The minimum absolute atomic E-state index is 0.0917. The average molecular weight is 351 g/mol. The molecular formula is C20H21N3OS. The van der Waals surface area contributed by atoms with Crippen LogP contribution in [0.2, 0.25) is 0 Å². The molecule has 0 aliphatic heterocycles. The molecule has 0 aliphatic carbocycles. The Morgan fingerprint density at radius 1 is 1.00 bits per heavy atom. The Labute approximate surface area is 152 Å². The first kappa shape index (κ1) is 17.3. The Kier molecular flexibility index (Phi) is 5.24. The van der Waals surface area contributed by atoms with Crippen molar-refractivity contribution in [1.29, 1.82) is 0 Å². The van der Waals surface area contributed by atoms with Crippen molar-refractivity contribution < 1.29 is 4.79 Å². The van der Waals surface area contributed by atoms with Crippen LogP contribution in [0.3, 0.4) is 0 Å². The molecule has 0 saturated carbocycles. The molecule has 2 heterocycles. The van der Waals surface area contributed by atoms with Gasteiger partial charge in [-0.25, -0.2) is 4.98 Å². The normalized spacial score (nSPS) is 12.2. The molecule has 0 aliphatic rings. The van der Waals surface area contributed by atoms with Crippen LogP contribution in [0.25, 0.3) is 10.6 Å². The molecule has 3 rings (SSSR count). The summed E-state index contributed by atoms with van der Waals surface area (Å²) in [5, 5.41) is 5.64. The third-order valence-electron chi connectivity index (χ3n) is 4.11. The van der Waals surface area contributed by atoms with Crippen molar-refractivity contribution in [3.63, 3.8) is 0 Å². The molecule has 128 valence electrons. The van der Waals surface area contributed by atoms with Crippen LogP contribution in [0, 0.1) is 0 Å². The van der Waals surface area contributed by atoms with Crippen LogP contribution in [0.4, 0.5) is 0 Å². The lowest BCUT2D eigenvalue weighted by Crippen LogP contribution is -2.26. The van der Waals surface area contributed by atoms with E-state index in [1.807, 2.05) is 19.1 Å². The first-order valence-electron chi connectivity index (χ1n) is 8.31. The summed E-state index contributed by atoms with van der Waals surface area (Å²) < 4.78 is 0. The van der Waals surface area contributed by atoms with Gasteiger partial charge in [0, 0.05) is 23.3 Å². The van der Waals surface area contributed by atoms with Crippen molar-refractivity contribution >= 4 is 17.2 Å². The lowest BCUT2D eigenvalue weighted by molar-refractivity contribution is 0.0935. The second-order valence-electron chi connectivity index (χ2n) is 6.29. The molecule has 1 aromatic carbocycles. The molecule has 0 bridgehead atoms. The predicted molar refractivity (Wildman–Crippen MR) is 102 cm³/mol. The van der Waals surface area contributed by atoms with Crippen LogP contribution in [-0.4, -0.2) is 15.9 Å². The average Bonchev–Trinajstić information content (AvgIpc) is 3.13. The van der Waals surface area contributed by atoms with E-state index in [4.69, 9.17) is 0 Å². The zero-order chi connectivity index (χ0) is 17.8. The molecule has 0 fully saturated rings. The first-order valence-corrected chi connectivity index (χ1v) is 9.19. The fourth-order valence-corrected chi connectivity index (χ4v) is 3.33. The third-order valence-corrected chi connectivity index (χ3v) is 5.01. The molecule has 1 unspecified atom stereocenters. The van der Waals surface area contributed by atoms with Crippen molar-refractivity contribution in [2.45, 2.75) is 32.7 Å². The van der Waals surface area contributed by atoms with Crippen LogP contribution in [-0.2, 0) is 0 Å². The van der Waals surface area contributed by atoms with Gasteiger partial charge < -0.3 is 5.32 Å². The number of rotatable bonds is 5. The number of benzene rings is 1. The molecule has 1 N–H and O–H groups in total. The van der Waals surface area contributed by atoms with E-state index in [9.17, 15) is 4.79 Å². The summed E-state index contributed by atoms with van der Waals surface area (Å²) in [6, 6.07) is 12.1. The molecule has 4 nitrogen and oxygen atoms in total. The maximum Gasteiger partial charge on any atom is 0.271 e. The number of nitrogens with one attached hydrogen (secondary N) is 1. The van der Waals surface area contributed by atoms with Crippen LogP contribution in [0.1, 0.15) is 54.3 Å². The van der Waals surface area contributed by atoms with Crippen molar-refractivity contribution in [3.8, 4) is 10.6 Å². The third kappa shape index (κ3) is 4.12. The standard InChI is InChI=1S/C20H21N3OS/c1-13(2)15-4-6-17(7-5-15)20-23-18(12-25-20)19(24)22-14(3)16-8-10-21-11-9-16/h4-14H,1-3H3,(H,22,24). The van der Waals surface area contributed by atoms with Gasteiger partial charge in [-0.3, -0.25) is 9.78 Å². The Morgan fingerprint density at radius 2 is 1.68 bits per heavy atom. The van der Waals surface area contributed by atoms with Gasteiger partial charge in [0.1, 0.15) is 10.7 Å². The molecule has 0 spiro atoms. The van der Waals surface area contributed by atoms with E-state index in [0.29, 0.717) is 11.6 Å². The highest BCUT2D eigenvalue weighted by Gasteiger charge is 2.15. The molecule has 1 atom stereocenters. The summed E-state index contributed by atoms with van der Waals surface area (Å²) in [5.74, 6) is 0.340. The van der Waals surface area contributed by atoms with E-state index in [0.717, 1.165) is 16.1 Å². The quantitative estimate of drug-likeness (QED) is 0.717. The Hall–Kier alpha value is -2.53. The minimum atomic E-state index is -0.161. The number of aromatic nitrogens is 2. The second-order valence-corrected chi connectivity index (χ2v) is 7.15. The first-order chi connectivity index (χ1) is 12.0. The van der Waals surface area contributed by atoms with Crippen molar-refractivity contribution in [2.75, 3.05) is 0 Å². The van der Waals surface area contributed by atoms with Crippen LogP contribution in [0.5, 0.6) is 0 Å². The number of carbonyl (C=O) groups excluding carboxylic acids is 1. The number of nitrogens with zero attached hydrogens (tertiary/aromatic N) is 2. The Bertz CT molecular complexity index is 841. The highest BCUT2D eigenvalue weighted by molar-refractivity contribution is 7.13. The topological polar surface area (TPSA) is 54.9 Å². The fourth-order valence-electron chi connectivity index (χ4n) is 2.53. The maximum atomic E-state index is 12.4. The molecule has 1 amide bonds. The van der Waals surface area contributed by atoms with Crippen LogP contribution in [0.15, 0.2) is 54.2 Å². The van der Waals surface area contributed by atoms with Gasteiger partial charge >= 0.3 is 0 Å². The lowest BCUT2D eigenvalue weighted by Gasteiger charge is -2.12. The predicted octanol–water partition coefficient (Wildman–Crippen LogP) is 4.82. The van der Waals surface area contributed by atoms with Gasteiger partial charge in [-0.1, -0.05) is 38.1 Å². The minimum Gasteiger partial charge on any atom is -0.344 e. The molecule has 2 aromatic heterocycles. The lowest BCUT2D eigenvalue weighted by atomic mass is 10.0. The number of hydrogen-bond acceptors (Lipinski definition) is 4. The number of carbonyl (C=O) groups is 1. The highest BCUT2D eigenvalue weighted by atomic mass is 32.1.